The molecule has 8 heteroatoms. The van der Waals surface area contributed by atoms with Crippen molar-refractivity contribution in [3.63, 3.8) is 0 Å². The predicted molar refractivity (Wildman–Crippen MR) is 135 cm³/mol. The molecule has 0 spiro atoms. The molecule has 0 aliphatic rings. The van der Waals surface area contributed by atoms with Crippen molar-refractivity contribution < 1.29 is 4.79 Å². The Morgan fingerprint density at radius 3 is 2.47 bits per heavy atom. The number of hydrogen-bond donors (Lipinski definition) is 1. The zero-order valence-electron chi connectivity index (χ0n) is 15.1. The molecule has 0 bridgehead atoms. The summed E-state index contributed by atoms with van der Waals surface area (Å²) in [6.45, 7) is 0. The zero-order valence-corrected chi connectivity index (χ0v) is 20.6. The molecule has 2 heterocycles. The van der Waals surface area contributed by atoms with E-state index in [4.69, 9.17) is 16.6 Å². The van der Waals surface area contributed by atoms with Crippen LogP contribution < -0.4 is 5.32 Å². The van der Waals surface area contributed by atoms with E-state index in [1.807, 2.05) is 60.7 Å². The second kappa shape index (κ2) is 8.05. The van der Waals surface area contributed by atoms with Crippen LogP contribution in [-0.2, 0) is 0 Å². The number of amides is 1. The molecule has 0 fully saturated rings. The van der Waals surface area contributed by atoms with E-state index in [2.05, 4.69) is 37.2 Å². The number of carbonyl (C=O) groups is 1. The maximum absolute atomic E-state index is 13.2. The minimum atomic E-state index is -0.244. The van der Waals surface area contributed by atoms with E-state index in [0.717, 1.165) is 39.8 Å². The van der Waals surface area contributed by atoms with Gasteiger partial charge in [-0.2, -0.15) is 0 Å². The van der Waals surface area contributed by atoms with E-state index >= 15 is 0 Å². The van der Waals surface area contributed by atoms with Crippen LogP contribution in [0.4, 0.5) is 5.69 Å². The first-order valence-corrected chi connectivity index (χ1v) is 12.4. The quantitative estimate of drug-likeness (QED) is 0.233. The Morgan fingerprint density at radius 1 is 0.967 bits per heavy atom. The zero-order chi connectivity index (χ0) is 20.8. The second-order valence-electron chi connectivity index (χ2n) is 6.49. The average Bonchev–Trinajstić information content (AvgIpc) is 3.31. The summed E-state index contributed by atoms with van der Waals surface area (Å²) >= 11 is 16.6. The van der Waals surface area contributed by atoms with Gasteiger partial charge in [-0.25, -0.2) is 4.98 Å². The summed E-state index contributed by atoms with van der Waals surface area (Å²) in [5.41, 5.74) is 2.43. The van der Waals surface area contributed by atoms with Gasteiger partial charge in [0.2, 0.25) is 0 Å². The molecule has 2 aromatic heterocycles. The highest BCUT2D eigenvalue weighted by Gasteiger charge is 2.21. The molecule has 5 rings (SSSR count). The van der Waals surface area contributed by atoms with Gasteiger partial charge in [-0.15, -0.1) is 22.7 Å². The third-order valence-corrected chi connectivity index (χ3v) is 8.39. The standard InChI is InChI=1S/C22H11Br2ClN2OS2/c23-11-9-13(22-26-15-6-2-4-8-17(15)30-22)19(14(24)10-11)27-21(28)20-18(25)12-5-1-3-7-16(12)29-20/h1-10H,(H,27,28). The molecule has 1 amide bonds. The molecule has 5 aromatic rings. The molecule has 0 atom stereocenters. The number of rotatable bonds is 3. The van der Waals surface area contributed by atoms with Gasteiger partial charge < -0.3 is 5.32 Å². The molecule has 1 N–H and O–H groups in total. The Labute approximate surface area is 202 Å². The van der Waals surface area contributed by atoms with Gasteiger partial charge >= 0.3 is 0 Å². The Morgan fingerprint density at radius 2 is 1.70 bits per heavy atom. The Bertz CT molecular complexity index is 1410. The van der Waals surface area contributed by atoms with Gasteiger partial charge in [0.05, 0.1) is 20.9 Å². The minimum absolute atomic E-state index is 0.244. The molecule has 0 saturated carbocycles. The summed E-state index contributed by atoms with van der Waals surface area (Å²) in [5.74, 6) is -0.244. The highest BCUT2D eigenvalue weighted by atomic mass is 79.9. The number of aromatic nitrogens is 1. The van der Waals surface area contributed by atoms with Gasteiger partial charge in [0.1, 0.15) is 9.88 Å². The maximum Gasteiger partial charge on any atom is 0.267 e. The van der Waals surface area contributed by atoms with Gasteiger partial charge in [0, 0.05) is 24.6 Å². The highest BCUT2D eigenvalue weighted by Crippen LogP contribution is 2.42. The van der Waals surface area contributed by atoms with Crippen LogP contribution in [-0.4, -0.2) is 10.9 Å². The number of thiazole rings is 1. The second-order valence-corrected chi connectivity index (χ2v) is 10.7. The fourth-order valence-electron chi connectivity index (χ4n) is 3.19. The smallest absolute Gasteiger partial charge is 0.267 e. The van der Waals surface area contributed by atoms with Crippen molar-refractivity contribution in [2.24, 2.45) is 0 Å². The van der Waals surface area contributed by atoms with Crippen LogP contribution in [0.15, 0.2) is 69.6 Å². The first-order valence-electron chi connectivity index (χ1n) is 8.84. The molecule has 0 unspecified atom stereocenters. The summed E-state index contributed by atoms with van der Waals surface area (Å²) in [4.78, 5) is 18.4. The number of anilines is 1. The number of nitrogens with one attached hydrogen (secondary N) is 1. The number of para-hydroxylation sites is 1. The summed E-state index contributed by atoms with van der Waals surface area (Å²) in [6, 6.07) is 19.6. The van der Waals surface area contributed by atoms with E-state index in [1.54, 1.807) is 11.3 Å². The first kappa shape index (κ1) is 20.2. The van der Waals surface area contributed by atoms with Gasteiger partial charge in [0.25, 0.3) is 5.91 Å². The van der Waals surface area contributed by atoms with E-state index in [0.29, 0.717) is 15.6 Å². The van der Waals surface area contributed by atoms with Crippen LogP contribution in [0.5, 0.6) is 0 Å². The normalized spacial score (nSPS) is 11.3. The molecule has 3 aromatic carbocycles. The first-order chi connectivity index (χ1) is 14.5. The number of benzene rings is 3. The minimum Gasteiger partial charge on any atom is -0.320 e. The van der Waals surface area contributed by atoms with Crippen molar-refractivity contribution in [2.75, 3.05) is 5.32 Å². The summed E-state index contributed by atoms with van der Waals surface area (Å²) in [6.07, 6.45) is 0. The average molecular weight is 579 g/mol. The Kier molecular flexibility index (Phi) is 5.41. The third kappa shape index (κ3) is 3.59. The van der Waals surface area contributed by atoms with Gasteiger partial charge in [-0.3, -0.25) is 4.79 Å². The van der Waals surface area contributed by atoms with Crippen LogP contribution in [0.2, 0.25) is 5.02 Å². The topological polar surface area (TPSA) is 42.0 Å². The largest absolute Gasteiger partial charge is 0.320 e. The van der Waals surface area contributed by atoms with Crippen LogP contribution >= 0.6 is 66.1 Å². The number of carbonyl (C=O) groups excluding carboxylic acids is 1. The third-order valence-electron chi connectivity index (χ3n) is 4.56. The lowest BCUT2D eigenvalue weighted by Gasteiger charge is -2.12. The number of hydrogen-bond acceptors (Lipinski definition) is 4. The van der Waals surface area contributed by atoms with Gasteiger partial charge in [-0.05, 0) is 46.3 Å². The van der Waals surface area contributed by atoms with Crippen molar-refractivity contribution in [1.82, 2.24) is 4.98 Å². The number of fused-ring (bicyclic) bond motifs is 2. The Hall–Kier alpha value is -1.77. The molecular weight excluding hydrogens is 568 g/mol. The van der Waals surface area contributed by atoms with E-state index in [1.165, 1.54) is 11.3 Å². The lowest BCUT2D eigenvalue weighted by atomic mass is 10.1. The van der Waals surface area contributed by atoms with E-state index < -0.39 is 0 Å². The number of thiophene rings is 1. The fraction of sp³-hybridized carbons (Fsp3) is 0. The number of halogens is 3. The van der Waals surface area contributed by atoms with Crippen LogP contribution in [0.25, 0.3) is 30.9 Å². The summed E-state index contributed by atoms with van der Waals surface area (Å²) in [5, 5.41) is 5.24. The number of nitrogens with zero attached hydrogens (tertiary/aromatic N) is 1. The molecule has 0 radical (unpaired) electrons. The maximum atomic E-state index is 13.2. The summed E-state index contributed by atoms with van der Waals surface area (Å²) < 4.78 is 3.72. The highest BCUT2D eigenvalue weighted by molar-refractivity contribution is 9.11. The van der Waals surface area contributed by atoms with Crippen molar-refractivity contribution in [3.05, 3.63) is 79.5 Å². The van der Waals surface area contributed by atoms with Gasteiger partial charge in [0.15, 0.2) is 0 Å². The molecule has 0 aliphatic heterocycles. The lowest BCUT2D eigenvalue weighted by molar-refractivity contribution is 0.103. The van der Waals surface area contributed by atoms with Gasteiger partial charge in [-0.1, -0.05) is 57.9 Å². The molecule has 30 heavy (non-hydrogen) atoms. The predicted octanol–water partition coefficient (Wildman–Crippen LogP) is 8.61. The molecule has 148 valence electrons. The van der Waals surface area contributed by atoms with Crippen molar-refractivity contribution in [2.45, 2.75) is 0 Å². The summed E-state index contributed by atoms with van der Waals surface area (Å²) in [7, 11) is 0. The molecule has 0 aliphatic carbocycles. The van der Waals surface area contributed by atoms with E-state index in [9.17, 15) is 4.79 Å². The molecular formula is C22H11Br2ClN2OS2. The van der Waals surface area contributed by atoms with Crippen LogP contribution in [0, 0.1) is 0 Å². The monoisotopic (exact) mass is 576 g/mol. The lowest BCUT2D eigenvalue weighted by Crippen LogP contribution is -2.12. The van der Waals surface area contributed by atoms with E-state index in [-0.39, 0.29) is 5.91 Å². The van der Waals surface area contributed by atoms with Crippen molar-refractivity contribution in [3.8, 4) is 10.6 Å². The Balaban J connectivity index is 1.60. The van der Waals surface area contributed by atoms with Crippen LogP contribution in [0.3, 0.4) is 0 Å². The molecule has 0 saturated heterocycles. The van der Waals surface area contributed by atoms with Crippen molar-refractivity contribution in [1.29, 1.82) is 0 Å². The molecule has 3 nitrogen and oxygen atoms in total. The fourth-order valence-corrected chi connectivity index (χ4v) is 6.91. The van der Waals surface area contributed by atoms with Crippen molar-refractivity contribution >= 4 is 98.0 Å². The van der Waals surface area contributed by atoms with Crippen LogP contribution in [0.1, 0.15) is 9.67 Å². The SMILES string of the molecule is O=C(Nc1c(Br)cc(Br)cc1-c1nc2ccccc2s1)c1sc2ccccc2c1Cl.